The van der Waals surface area contributed by atoms with Gasteiger partial charge >= 0.3 is 0 Å². The lowest BCUT2D eigenvalue weighted by molar-refractivity contribution is -0.141. The molecule has 1 N–H and O–H groups in total. The summed E-state index contributed by atoms with van der Waals surface area (Å²) < 4.78 is 26.8. The van der Waals surface area contributed by atoms with Crippen LogP contribution in [0.25, 0.3) is 0 Å². The number of anilines is 1. The topological polar surface area (TPSA) is 86.8 Å². The minimum atomic E-state index is -3.64. The van der Waals surface area contributed by atoms with E-state index in [2.05, 4.69) is 5.32 Å². The van der Waals surface area contributed by atoms with Crippen molar-refractivity contribution in [3.8, 4) is 0 Å². The standard InChI is InChI=1S/C33H39Cl2N3O4S/c1-24-17-18-28(35)22-30(24)38(43(2,41)42)19-9-16-32(39)37(23-26-12-8-13-27(34)20-26)31(21-25-10-4-3-5-11-25)33(40)36-29-14-6-7-15-29/h3-5,8,10-13,17-18,20,22,29,31H,6-7,9,14-16,19,21,23H2,1-2H3,(H,36,40)/t31-/m1/s1. The third kappa shape index (κ3) is 9.46. The molecule has 1 aliphatic carbocycles. The molecule has 0 spiro atoms. The number of carbonyl (C=O) groups is 2. The van der Waals surface area contributed by atoms with Crippen molar-refractivity contribution in [3.63, 3.8) is 0 Å². The molecule has 1 saturated carbocycles. The highest BCUT2D eigenvalue weighted by atomic mass is 35.5. The maximum absolute atomic E-state index is 14.0. The van der Waals surface area contributed by atoms with Crippen molar-refractivity contribution in [2.75, 3.05) is 17.1 Å². The largest absolute Gasteiger partial charge is 0.352 e. The van der Waals surface area contributed by atoms with Crippen molar-refractivity contribution in [2.24, 2.45) is 0 Å². The second-order valence-electron chi connectivity index (χ2n) is 11.2. The van der Waals surface area contributed by atoms with Gasteiger partial charge in [0.2, 0.25) is 21.8 Å². The van der Waals surface area contributed by atoms with Gasteiger partial charge in [-0.25, -0.2) is 8.42 Å². The number of hydrogen-bond acceptors (Lipinski definition) is 4. The van der Waals surface area contributed by atoms with Crippen LogP contribution in [-0.4, -0.2) is 50.0 Å². The number of nitrogens with one attached hydrogen (secondary N) is 1. The quantitative estimate of drug-likeness (QED) is 0.229. The van der Waals surface area contributed by atoms with Crippen LogP contribution in [0.5, 0.6) is 0 Å². The van der Waals surface area contributed by atoms with Gasteiger partial charge < -0.3 is 10.2 Å². The minimum Gasteiger partial charge on any atom is -0.352 e. The van der Waals surface area contributed by atoms with Crippen molar-refractivity contribution in [1.82, 2.24) is 10.2 Å². The highest BCUT2D eigenvalue weighted by molar-refractivity contribution is 7.92. The first-order chi connectivity index (χ1) is 20.5. The Kier molecular flexibility index (Phi) is 11.5. The number of nitrogens with zero attached hydrogens (tertiary/aromatic N) is 2. The summed E-state index contributed by atoms with van der Waals surface area (Å²) in [5.74, 6) is -0.419. The Morgan fingerprint density at radius 2 is 1.60 bits per heavy atom. The SMILES string of the molecule is Cc1ccc(Cl)cc1N(CCCC(=O)N(Cc1cccc(Cl)c1)[C@H](Cc1ccccc1)C(=O)NC1CCCC1)S(C)(=O)=O. The first-order valence-electron chi connectivity index (χ1n) is 14.6. The van der Waals surface area contributed by atoms with E-state index in [1.165, 1.54) is 4.31 Å². The molecule has 0 unspecified atom stereocenters. The van der Waals surface area contributed by atoms with E-state index in [1.807, 2.05) is 49.4 Å². The smallest absolute Gasteiger partial charge is 0.243 e. The van der Waals surface area contributed by atoms with Gasteiger partial charge in [0.25, 0.3) is 0 Å². The van der Waals surface area contributed by atoms with Crippen LogP contribution in [-0.2, 0) is 32.6 Å². The minimum absolute atomic E-state index is 0.0498. The van der Waals surface area contributed by atoms with Crippen LogP contribution in [0.2, 0.25) is 10.0 Å². The van der Waals surface area contributed by atoms with Crippen molar-refractivity contribution >= 4 is 50.7 Å². The van der Waals surface area contributed by atoms with Gasteiger partial charge in [0.1, 0.15) is 6.04 Å². The Labute approximate surface area is 265 Å². The van der Waals surface area contributed by atoms with E-state index in [0.29, 0.717) is 22.2 Å². The predicted octanol–water partition coefficient (Wildman–Crippen LogP) is 6.55. The second kappa shape index (κ2) is 15.1. The summed E-state index contributed by atoms with van der Waals surface area (Å²) in [5.41, 5.74) is 2.99. The number of aryl methyl sites for hydroxylation is 1. The fraction of sp³-hybridized carbons (Fsp3) is 0.394. The number of benzene rings is 3. The van der Waals surface area contributed by atoms with E-state index >= 15 is 0 Å². The highest BCUT2D eigenvalue weighted by Crippen LogP contribution is 2.27. The van der Waals surface area contributed by atoms with Gasteiger partial charge in [-0.15, -0.1) is 0 Å². The average Bonchev–Trinajstić information content (AvgIpc) is 3.47. The molecule has 2 amide bonds. The highest BCUT2D eigenvalue weighted by Gasteiger charge is 2.32. The molecule has 0 saturated heterocycles. The Hall–Kier alpha value is -3.07. The van der Waals surface area contributed by atoms with Crippen LogP contribution in [0.3, 0.4) is 0 Å². The Morgan fingerprint density at radius 1 is 0.930 bits per heavy atom. The third-order valence-electron chi connectivity index (χ3n) is 7.81. The van der Waals surface area contributed by atoms with Gasteiger partial charge in [-0.3, -0.25) is 13.9 Å². The number of amides is 2. The van der Waals surface area contributed by atoms with Gasteiger partial charge in [-0.05, 0) is 67.1 Å². The molecule has 10 heteroatoms. The molecule has 0 aromatic heterocycles. The molecule has 230 valence electrons. The molecule has 1 atom stereocenters. The lowest BCUT2D eigenvalue weighted by atomic mass is 10.0. The molecule has 4 rings (SSSR count). The van der Waals surface area contributed by atoms with Gasteiger partial charge in [0.05, 0.1) is 11.9 Å². The third-order valence-corrected chi connectivity index (χ3v) is 9.46. The number of rotatable bonds is 13. The van der Waals surface area contributed by atoms with Gasteiger partial charge in [-0.1, -0.05) is 84.6 Å². The summed E-state index contributed by atoms with van der Waals surface area (Å²) in [6, 6.07) is 21.4. The van der Waals surface area contributed by atoms with Gasteiger partial charge in [-0.2, -0.15) is 0 Å². The normalized spacial score (nSPS) is 14.3. The molecule has 0 heterocycles. The zero-order valence-corrected chi connectivity index (χ0v) is 27.0. The van der Waals surface area contributed by atoms with Crippen LogP contribution in [0.1, 0.15) is 55.2 Å². The monoisotopic (exact) mass is 643 g/mol. The average molecular weight is 645 g/mol. The number of halogens is 2. The van der Waals surface area contributed by atoms with E-state index < -0.39 is 16.1 Å². The lowest BCUT2D eigenvalue weighted by Gasteiger charge is -2.33. The van der Waals surface area contributed by atoms with Crippen molar-refractivity contribution in [3.05, 3.63) is 99.5 Å². The molecular formula is C33H39Cl2N3O4S. The van der Waals surface area contributed by atoms with E-state index in [-0.39, 0.29) is 43.8 Å². The molecule has 0 aliphatic heterocycles. The maximum Gasteiger partial charge on any atom is 0.243 e. The van der Waals surface area contributed by atoms with Crippen molar-refractivity contribution in [1.29, 1.82) is 0 Å². The molecule has 3 aromatic carbocycles. The fourth-order valence-corrected chi connectivity index (χ4v) is 6.98. The van der Waals surface area contributed by atoms with E-state index in [9.17, 15) is 18.0 Å². The predicted molar refractivity (Wildman–Crippen MR) is 174 cm³/mol. The van der Waals surface area contributed by atoms with E-state index in [4.69, 9.17) is 23.2 Å². The number of hydrogen-bond donors (Lipinski definition) is 1. The molecule has 1 fully saturated rings. The first-order valence-corrected chi connectivity index (χ1v) is 17.2. The van der Waals surface area contributed by atoms with Crippen LogP contribution in [0, 0.1) is 6.92 Å². The van der Waals surface area contributed by atoms with Crippen molar-refractivity contribution in [2.45, 2.75) is 70.5 Å². The summed E-state index contributed by atoms with van der Waals surface area (Å²) >= 11 is 12.5. The van der Waals surface area contributed by atoms with Crippen LogP contribution < -0.4 is 9.62 Å². The summed E-state index contributed by atoms with van der Waals surface area (Å²) in [4.78, 5) is 29.5. The summed E-state index contributed by atoms with van der Waals surface area (Å²) in [6.45, 7) is 2.10. The molecule has 0 radical (unpaired) electrons. The zero-order chi connectivity index (χ0) is 31.0. The zero-order valence-electron chi connectivity index (χ0n) is 24.6. The number of sulfonamides is 1. The Bertz CT molecular complexity index is 1510. The second-order valence-corrected chi connectivity index (χ2v) is 14.0. The Balaban J connectivity index is 1.60. The lowest BCUT2D eigenvalue weighted by Crippen LogP contribution is -2.52. The van der Waals surface area contributed by atoms with E-state index in [1.54, 1.807) is 35.2 Å². The fourth-order valence-electron chi connectivity index (χ4n) is 5.59. The molecule has 43 heavy (non-hydrogen) atoms. The summed E-state index contributed by atoms with van der Waals surface area (Å²) in [7, 11) is -3.64. The molecular weight excluding hydrogens is 605 g/mol. The van der Waals surface area contributed by atoms with Crippen LogP contribution in [0.15, 0.2) is 72.8 Å². The number of carbonyl (C=O) groups excluding carboxylic acids is 2. The first kappa shape index (κ1) is 32.8. The van der Waals surface area contributed by atoms with Crippen LogP contribution in [0.4, 0.5) is 5.69 Å². The maximum atomic E-state index is 14.0. The Morgan fingerprint density at radius 3 is 2.28 bits per heavy atom. The van der Waals surface area contributed by atoms with Gasteiger partial charge in [0, 0.05) is 42.0 Å². The molecule has 1 aliphatic rings. The molecule has 0 bridgehead atoms. The summed E-state index contributed by atoms with van der Waals surface area (Å²) in [6.07, 6.45) is 5.80. The van der Waals surface area contributed by atoms with Crippen molar-refractivity contribution < 1.29 is 18.0 Å². The van der Waals surface area contributed by atoms with Crippen LogP contribution >= 0.6 is 23.2 Å². The molecule has 3 aromatic rings. The van der Waals surface area contributed by atoms with E-state index in [0.717, 1.165) is 48.6 Å². The summed E-state index contributed by atoms with van der Waals surface area (Å²) in [5, 5.41) is 4.17. The molecule has 7 nitrogen and oxygen atoms in total. The van der Waals surface area contributed by atoms with Gasteiger partial charge in [0.15, 0.2) is 0 Å².